The van der Waals surface area contributed by atoms with E-state index in [1.165, 1.54) is 22.8 Å². The average molecular weight is 422 g/mol. The van der Waals surface area contributed by atoms with Gasteiger partial charge in [0.15, 0.2) is 0 Å². The molecule has 22 heavy (non-hydrogen) atoms. The molecule has 0 aliphatic rings. The number of rotatable bonds is 5. The Morgan fingerprint density at radius 2 is 1.23 bits per heavy atom. The summed E-state index contributed by atoms with van der Waals surface area (Å²) in [5.74, 6) is 0. The van der Waals surface area contributed by atoms with Gasteiger partial charge >= 0.3 is 19.5 Å². The van der Waals surface area contributed by atoms with Gasteiger partial charge in [-0.1, -0.05) is 86.3 Å². The Labute approximate surface area is 154 Å². The third-order valence-corrected chi connectivity index (χ3v) is 7.91. The summed E-state index contributed by atoms with van der Waals surface area (Å²) in [6, 6.07) is 23.5. The van der Waals surface area contributed by atoms with Crippen LogP contribution < -0.4 is 10.6 Å². The van der Waals surface area contributed by atoms with Gasteiger partial charge in [0.25, 0.3) is 0 Å². The van der Waals surface area contributed by atoms with Crippen molar-refractivity contribution in [1.29, 1.82) is 0 Å². The van der Waals surface area contributed by atoms with Gasteiger partial charge in [-0.15, -0.1) is 0 Å². The van der Waals surface area contributed by atoms with Gasteiger partial charge in [-0.05, 0) is 24.7 Å². The van der Waals surface area contributed by atoms with E-state index in [0.29, 0.717) is 0 Å². The van der Waals surface area contributed by atoms with Gasteiger partial charge in [0, 0.05) is 8.07 Å². The molecule has 0 unspecified atom stereocenters. The van der Waals surface area contributed by atoms with Crippen molar-refractivity contribution in [3.8, 4) is 0 Å². The summed E-state index contributed by atoms with van der Waals surface area (Å²) in [5.41, 5.74) is 0. The predicted molar refractivity (Wildman–Crippen MR) is 103 cm³/mol. The van der Waals surface area contributed by atoms with Gasteiger partial charge < -0.3 is 9.07 Å². The Balaban J connectivity index is -0.000000355. The van der Waals surface area contributed by atoms with Crippen molar-refractivity contribution < 1.29 is 28.6 Å². The summed E-state index contributed by atoms with van der Waals surface area (Å²) in [6.45, 7) is 9.41. The molecule has 0 heterocycles. The molecule has 0 aliphatic carbocycles. The zero-order valence-electron chi connectivity index (χ0n) is 16.6. The van der Waals surface area contributed by atoms with Crippen molar-refractivity contribution in [2.75, 3.05) is 6.16 Å². The fourth-order valence-corrected chi connectivity index (χ4v) is 7.53. The molecule has 0 fully saturated rings. The second-order valence-electron chi connectivity index (χ2n) is 6.13. The Kier molecular flexibility index (Phi) is 10.7. The Morgan fingerprint density at radius 1 is 0.864 bits per heavy atom. The molecule has 0 amide bonds. The van der Waals surface area contributed by atoms with Crippen LogP contribution >= 0.6 is 7.92 Å². The van der Waals surface area contributed by atoms with Crippen molar-refractivity contribution in [1.82, 2.24) is 0 Å². The summed E-state index contributed by atoms with van der Waals surface area (Å²) in [5, 5.41) is 3.03. The summed E-state index contributed by atoms with van der Waals surface area (Å²) in [6.07, 6.45) is 1.33. The molecule has 2 aromatic carbocycles. The zero-order valence-corrected chi connectivity index (χ0v) is 17.1. The third kappa shape index (κ3) is 7.58. The minimum absolute atomic E-state index is 0. The average Bonchev–Trinajstić information content (AvgIpc) is 2.50. The first kappa shape index (κ1) is 21.4. The monoisotopic (exact) mass is 422 g/mol. The van der Waals surface area contributed by atoms with Crippen LogP contribution in [-0.4, -0.2) is 21.0 Å². The standard InChI is InChI=1S/C17H23PSi.CH2O.Rh.3H/c1-19(2,3)15-14-18(16-10-6-4-7-11-16)17-12-8-5-9-13-17;1-2;;;;/h4-13H,14-15H2,1-3H3;1H2;;;;/q;;+3;3*-1. The molecule has 0 bridgehead atoms. The first-order chi connectivity index (χ1) is 10.1. The molecule has 0 atom stereocenters. The number of hydrogen-bond donors (Lipinski definition) is 0. The molecule has 0 aliphatic heterocycles. The normalized spacial score (nSPS) is 10.4. The van der Waals surface area contributed by atoms with Crippen molar-refractivity contribution in [2.45, 2.75) is 25.7 Å². The molecule has 0 saturated heterocycles. The zero-order chi connectivity index (χ0) is 15.7. The number of benzene rings is 2. The Hall–Kier alpha value is -0.620. The largest absolute Gasteiger partial charge is 3.00 e. The van der Waals surface area contributed by atoms with Crippen LogP contribution in [0, 0.1) is 0 Å². The second-order valence-corrected chi connectivity index (χ2v) is 14.1. The first-order valence-corrected chi connectivity index (χ1v) is 12.5. The Morgan fingerprint density at radius 3 is 1.55 bits per heavy atom. The summed E-state index contributed by atoms with van der Waals surface area (Å²) in [7, 11) is -1.15. The molecule has 0 radical (unpaired) electrons. The van der Waals surface area contributed by atoms with Crippen molar-refractivity contribution in [3.63, 3.8) is 0 Å². The summed E-state index contributed by atoms with van der Waals surface area (Å²) < 4.78 is 0. The van der Waals surface area contributed by atoms with Crippen LogP contribution in [0.3, 0.4) is 0 Å². The van der Waals surface area contributed by atoms with E-state index in [9.17, 15) is 0 Å². The van der Waals surface area contributed by atoms with Crippen LogP contribution in [0.4, 0.5) is 0 Å². The van der Waals surface area contributed by atoms with Crippen molar-refractivity contribution in [2.24, 2.45) is 0 Å². The molecule has 0 spiro atoms. The molecule has 4 heteroatoms. The molecule has 0 saturated carbocycles. The molecule has 0 N–H and O–H groups in total. The van der Waals surface area contributed by atoms with E-state index in [1.807, 2.05) is 6.79 Å². The van der Waals surface area contributed by atoms with Gasteiger partial charge in [-0.2, -0.15) is 0 Å². The molecular formula is C18H28OPRhSi. The fraction of sp³-hybridized carbons (Fsp3) is 0.278. The van der Waals surface area contributed by atoms with Crippen molar-refractivity contribution >= 4 is 33.4 Å². The van der Waals surface area contributed by atoms with E-state index in [-0.39, 0.29) is 31.7 Å². The first-order valence-electron chi connectivity index (χ1n) is 7.23. The number of hydrogen-bond acceptors (Lipinski definition) is 1. The maximum absolute atomic E-state index is 8.00. The SMILES string of the molecule is C=O.C[Si](C)(C)CCP(c1ccccc1)c1ccccc1.[H-].[H-].[H-].[Rh+3]. The third-order valence-electron chi connectivity index (χ3n) is 3.22. The van der Waals surface area contributed by atoms with E-state index < -0.39 is 8.07 Å². The van der Waals surface area contributed by atoms with E-state index in [0.717, 1.165) is 0 Å². The molecule has 1 nitrogen and oxygen atoms in total. The van der Waals surface area contributed by atoms with E-state index in [1.54, 1.807) is 0 Å². The fourth-order valence-electron chi connectivity index (χ4n) is 2.07. The van der Waals surface area contributed by atoms with Crippen LogP contribution in [-0.2, 0) is 24.3 Å². The minimum atomic E-state index is -0.970. The quantitative estimate of drug-likeness (QED) is 0.508. The second kappa shape index (κ2) is 11.0. The summed E-state index contributed by atoms with van der Waals surface area (Å²) >= 11 is 0. The van der Waals surface area contributed by atoms with Gasteiger partial charge in [0.1, 0.15) is 6.79 Å². The minimum Gasteiger partial charge on any atom is -1.00 e. The van der Waals surface area contributed by atoms with Crippen LogP contribution in [0.25, 0.3) is 0 Å². The number of carbonyl (C=O) groups is 1. The van der Waals surface area contributed by atoms with Crippen LogP contribution in [0.5, 0.6) is 0 Å². The molecule has 2 aromatic rings. The molecule has 124 valence electrons. The van der Waals surface area contributed by atoms with Gasteiger partial charge in [-0.25, -0.2) is 0 Å². The van der Waals surface area contributed by atoms with Gasteiger partial charge in [0.2, 0.25) is 0 Å². The van der Waals surface area contributed by atoms with Crippen LogP contribution in [0.1, 0.15) is 4.28 Å². The predicted octanol–water partition coefficient (Wildman–Crippen LogP) is 4.61. The van der Waals surface area contributed by atoms with Crippen LogP contribution in [0.15, 0.2) is 60.7 Å². The van der Waals surface area contributed by atoms with Gasteiger partial charge in [-0.3, -0.25) is 0 Å². The van der Waals surface area contributed by atoms with E-state index >= 15 is 0 Å². The topological polar surface area (TPSA) is 17.1 Å². The molecule has 0 aromatic heterocycles. The Bertz CT molecular complexity index is 487. The van der Waals surface area contributed by atoms with Gasteiger partial charge in [0.05, 0.1) is 0 Å². The maximum atomic E-state index is 8.00. The molecule has 2 rings (SSSR count). The summed E-state index contributed by atoms with van der Waals surface area (Å²) in [4.78, 5) is 8.00. The molecular weight excluding hydrogens is 394 g/mol. The van der Waals surface area contributed by atoms with Crippen LogP contribution in [0.2, 0.25) is 25.7 Å². The smallest absolute Gasteiger partial charge is 1.00 e. The number of carbonyl (C=O) groups excluding carboxylic acids is 1. The van der Waals surface area contributed by atoms with E-state index in [4.69, 9.17) is 4.79 Å². The van der Waals surface area contributed by atoms with Crippen molar-refractivity contribution in [3.05, 3.63) is 60.7 Å². The van der Waals surface area contributed by atoms with E-state index in [2.05, 4.69) is 80.3 Å². The maximum Gasteiger partial charge on any atom is 3.00 e.